The zero-order valence-electron chi connectivity index (χ0n) is 21.5. The molecule has 0 spiro atoms. The Bertz CT molecular complexity index is 1510. The number of aromatic nitrogens is 6. The van der Waals surface area contributed by atoms with Crippen molar-refractivity contribution in [2.45, 2.75) is 32.7 Å². The van der Waals surface area contributed by atoms with Crippen LogP contribution in [0.2, 0.25) is 0 Å². The molecule has 1 aliphatic rings. The molecule has 190 valence electrons. The molecule has 0 unspecified atom stereocenters. The van der Waals surface area contributed by atoms with E-state index in [4.69, 9.17) is 0 Å². The van der Waals surface area contributed by atoms with Crippen molar-refractivity contribution in [3.8, 4) is 28.2 Å². The SMILES string of the molecule is Cc1ccc(-c2cn(-c3ccc(CN4CCCCC4)cc3)nn2)cc1Nc1nccc(-c2cccnc2)n1. The monoisotopic (exact) mass is 502 g/mol. The van der Waals surface area contributed by atoms with Gasteiger partial charge in [-0.3, -0.25) is 9.88 Å². The van der Waals surface area contributed by atoms with E-state index in [1.165, 1.54) is 37.9 Å². The Morgan fingerprint density at radius 1 is 0.868 bits per heavy atom. The van der Waals surface area contributed by atoms with Gasteiger partial charge in [0.2, 0.25) is 5.95 Å². The largest absolute Gasteiger partial charge is 0.324 e. The fourth-order valence-corrected chi connectivity index (χ4v) is 4.78. The number of aryl methyl sites for hydroxylation is 1. The molecule has 0 bridgehead atoms. The van der Waals surface area contributed by atoms with E-state index in [1.807, 2.05) is 29.1 Å². The number of pyridine rings is 1. The first kappa shape index (κ1) is 23.9. The summed E-state index contributed by atoms with van der Waals surface area (Å²) in [7, 11) is 0. The normalized spacial score (nSPS) is 13.9. The maximum Gasteiger partial charge on any atom is 0.227 e. The molecule has 5 aromatic rings. The predicted molar refractivity (Wildman–Crippen MR) is 149 cm³/mol. The molecule has 0 radical (unpaired) electrons. The number of benzene rings is 2. The van der Waals surface area contributed by atoms with Crippen LogP contribution in [0.4, 0.5) is 11.6 Å². The van der Waals surface area contributed by atoms with E-state index in [2.05, 4.69) is 84.9 Å². The minimum Gasteiger partial charge on any atom is -0.324 e. The molecule has 0 atom stereocenters. The van der Waals surface area contributed by atoms with Gasteiger partial charge in [0.05, 0.1) is 17.6 Å². The van der Waals surface area contributed by atoms with Crippen LogP contribution in [0.5, 0.6) is 0 Å². The van der Waals surface area contributed by atoms with Gasteiger partial charge in [-0.2, -0.15) is 0 Å². The highest BCUT2D eigenvalue weighted by Gasteiger charge is 2.12. The van der Waals surface area contributed by atoms with Gasteiger partial charge in [0.1, 0.15) is 5.69 Å². The summed E-state index contributed by atoms with van der Waals surface area (Å²) in [6.45, 7) is 5.46. The van der Waals surface area contributed by atoms with Crippen LogP contribution in [-0.2, 0) is 6.54 Å². The van der Waals surface area contributed by atoms with Crippen molar-refractivity contribution < 1.29 is 0 Å². The number of rotatable bonds is 7. The summed E-state index contributed by atoms with van der Waals surface area (Å²) in [5, 5.41) is 12.2. The molecule has 6 rings (SSSR count). The molecule has 1 N–H and O–H groups in total. The second-order valence-corrected chi connectivity index (χ2v) is 9.71. The molecule has 4 heterocycles. The Kier molecular flexibility index (Phi) is 6.87. The third-order valence-corrected chi connectivity index (χ3v) is 6.94. The van der Waals surface area contributed by atoms with Crippen LogP contribution in [0, 0.1) is 6.92 Å². The molecular formula is C30H30N8. The lowest BCUT2D eigenvalue weighted by Crippen LogP contribution is -2.29. The highest BCUT2D eigenvalue weighted by atomic mass is 15.4. The molecule has 0 amide bonds. The Morgan fingerprint density at radius 2 is 1.74 bits per heavy atom. The molecule has 1 saturated heterocycles. The summed E-state index contributed by atoms with van der Waals surface area (Å²) >= 11 is 0. The summed E-state index contributed by atoms with van der Waals surface area (Å²) in [5.74, 6) is 0.528. The molecule has 1 fully saturated rings. The lowest BCUT2D eigenvalue weighted by molar-refractivity contribution is 0.221. The van der Waals surface area contributed by atoms with Crippen LogP contribution in [0.3, 0.4) is 0 Å². The summed E-state index contributed by atoms with van der Waals surface area (Å²) < 4.78 is 1.83. The van der Waals surface area contributed by atoms with Gasteiger partial charge >= 0.3 is 0 Å². The molecule has 3 aromatic heterocycles. The molecule has 1 aliphatic heterocycles. The number of anilines is 2. The molecule has 8 heteroatoms. The van der Waals surface area contributed by atoms with E-state index in [-0.39, 0.29) is 0 Å². The zero-order chi connectivity index (χ0) is 25.7. The van der Waals surface area contributed by atoms with Crippen LogP contribution in [0.1, 0.15) is 30.4 Å². The van der Waals surface area contributed by atoms with Gasteiger partial charge in [-0.1, -0.05) is 35.9 Å². The van der Waals surface area contributed by atoms with E-state index in [9.17, 15) is 0 Å². The number of nitrogens with one attached hydrogen (secondary N) is 1. The fraction of sp³-hybridized carbons (Fsp3) is 0.233. The molecule has 0 saturated carbocycles. The van der Waals surface area contributed by atoms with Crippen molar-refractivity contribution in [1.29, 1.82) is 0 Å². The Hall–Kier alpha value is -4.43. The van der Waals surface area contributed by atoms with Gasteiger partial charge in [-0.25, -0.2) is 14.6 Å². The maximum atomic E-state index is 4.67. The zero-order valence-corrected chi connectivity index (χ0v) is 21.5. The highest BCUT2D eigenvalue weighted by molar-refractivity contribution is 5.70. The van der Waals surface area contributed by atoms with E-state index >= 15 is 0 Å². The van der Waals surface area contributed by atoms with Crippen molar-refractivity contribution in [3.05, 3.63) is 96.6 Å². The number of nitrogens with zero attached hydrogens (tertiary/aromatic N) is 7. The lowest BCUT2D eigenvalue weighted by Gasteiger charge is -2.26. The first-order valence-corrected chi connectivity index (χ1v) is 13.1. The first-order valence-electron chi connectivity index (χ1n) is 13.1. The van der Waals surface area contributed by atoms with E-state index < -0.39 is 0 Å². The minimum atomic E-state index is 0.528. The van der Waals surface area contributed by atoms with Crippen LogP contribution >= 0.6 is 0 Å². The third-order valence-electron chi connectivity index (χ3n) is 6.94. The number of likely N-dealkylation sites (tertiary alicyclic amines) is 1. The highest BCUT2D eigenvalue weighted by Crippen LogP contribution is 2.27. The smallest absolute Gasteiger partial charge is 0.227 e. The van der Waals surface area contributed by atoms with Crippen LogP contribution in [-0.4, -0.2) is 47.9 Å². The molecule has 0 aliphatic carbocycles. The topological polar surface area (TPSA) is 84.7 Å². The Labute approximate surface area is 222 Å². The van der Waals surface area contributed by atoms with Crippen LogP contribution < -0.4 is 5.32 Å². The second kappa shape index (κ2) is 10.9. The van der Waals surface area contributed by atoms with Crippen molar-refractivity contribution in [2.75, 3.05) is 18.4 Å². The number of hydrogen-bond donors (Lipinski definition) is 1. The number of hydrogen-bond acceptors (Lipinski definition) is 7. The third kappa shape index (κ3) is 5.45. The summed E-state index contributed by atoms with van der Waals surface area (Å²) in [4.78, 5) is 15.8. The molecular weight excluding hydrogens is 472 g/mol. The van der Waals surface area contributed by atoms with E-state index in [0.29, 0.717) is 5.95 Å². The quantitative estimate of drug-likeness (QED) is 0.300. The Morgan fingerprint density at radius 3 is 2.55 bits per heavy atom. The molecule has 8 nitrogen and oxygen atoms in total. The van der Waals surface area contributed by atoms with Crippen molar-refractivity contribution in [2.24, 2.45) is 0 Å². The van der Waals surface area contributed by atoms with E-state index in [0.717, 1.165) is 46.0 Å². The van der Waals surface area contributed by atoms with Gasteiger partial charge in [-0.15, -0.1) is 5.10 Å². The van der Waals surface area contributed by atoms with Gasteiger partial charge < -0.3 is 5.32 Å². The molecule has 2 aromatic carbocycles. The molecule has 38 heavy (non-hydrogen) atoms. The fourth-order valence-electron chi connectivity index (χ4n) is 4.78. The standard InChI is InChI=1S/C30H30N8/c1-22-7-10-24(18-28(22)34-30-32-15-13-27(33-30)25-6-5-14-31-19-25)29-21-38(36-35-29)26-11-8-23(9-12-26)20-37-16-3-2-4-17-37/h5-15,18-19,21H,2-4,16-17,20H2,1H3,(H,32,33,34). The van der Waals surface area contributed by atoms with Crippen LogP contribution in [0.25, 0.3) is 28.2 Å². The Balaban J connectivity index is 1.18. The van der Waals surface area contributed by atoms with E-state index in [1.54, 1.807) is 18.6 Å². The maximum absolute atomic E-state index is 4.67. The van der Waals surface area contributed by atoms with Crippen LogP contribution in [0.15, 0.2) is 85.5 Å². The lowest BCUT2D eigenvalue weighted by atomic mass is 10.1. The number of piperidine rings is 1. The minimum absolute atomic E-state index is 0.528. The summed E-state index contributed by atoms with van der Waals surface area (Å²) in [6, 6.07) is 20.6. The van der Waals surface area contributed by atoms with Gasteiger partial charge in [-0.05, 0) is 80.4 Å². The average molecular weight is 503 g/mol. The van der Waals surface area contributed by atoms with Crippen molar-refractivity contribution >= 4 is 11.6 Å². The average Bonchev–Trinajstić information content (AvgIpc) is 3.46. The summed E-state index contributed by atoms with van der Waals surface area (Å²) in [6.07, 6.45) is 11.2. The second-order valence-electron chi connectivity index (χ2n) is 9.71. The summed E-state index contributed by atoms with van der Waals surface area (Å²) in [5.41, 5.74) is 7.86. The van der Waals surface area contributed by atoms with Gasteiger partial charge in [0.25, 0.3) is 0 Å². The first-order chi connectivity index (χ1) is 18.7. The van der Waals surface area contributed by atoms with Gasteiger partial charge in [0.15, 0.2) is 0 Å². The van der Waals surface area contributed by atoms with Gasteiger partial charge in [0, 0.05) is 41.9 Å². The predicted octanol–water partition coefficient (Wildman–Crippen LogP) is 5.82. The van der Waals surface area contributed by atoms with Crippen molar-refractivity contribution in [3.63, 3.8) is 0 Å². The van der Waals surface area contributed by atoms with Crippen molar-refractivity contribution in [1.82, 2.24) is 34.8 Å².